The molecule has 2 heterocycles. The van der Waals surface area contributed by atoms with Crippen LogP contribution in [0.3, 0.4) is 0 Å². The molecule has 0 radical (unpaired) electrons. The van der Waals surface area contributed by atoms with Gasteiger partial charge in [-0.1, -0.05) is 78.9 Å². The summed E-state index contributed by atoms with van der Waals surface area (Å²) in [6.07, 6.45) is 0. The third-order valence-corrected chi connectivity index (χ3v) is 7.15. The maximum atomic E-state index is 6.72. The SMILES string of the molecule is CC1(C)c2ccccc2-c2c1oc1c3ccccc3n(-c3cccc(-c4ccccc4)c3)c21. The smallest absolute Gasteiger partial charge is 0.161 e. The molecular weight excluding hydrogens is 402 g/mol. The molecule has 0 N–H and O–H groups in total. The lowest BCUT2D eigenvalue weighted by atomic mass is 9.86. The van der Waals surface area contributed by atoms with E-state index in [0.717, 1.165) is 27.9 Å². The molecule has 2 aromatic heterocycles. The summed E-state index contributed by atoms with van der Waals surface area (Å²) in [6, 6.07) is 36.7. The van der Waals surface area contributed by atoms with Crippen LogP contribution in [0.25, 0.3) is 49.9 Å². The summed E-state index contributed by atoms with van der Waals surface area (Å²) in [5.41, 5.74) is 10.5. The zero-order chi connectivity index (χ0) is 22.2. The van der Waals surface area contributed by atoms with Gasteiger partial charge >= 0.3 is 0 Å². The van der Waals surface area contributed by atoms with E-state index in [4.69, 9.17) is 4.42 Å². The van der Waals surface area contributed by atoms with Crippen LogP contribution in [0.4, 0.5) is 0 Å². The van der Waals surface area contributed by atoms with E-state index in [-0.39, 0.29) is 5.41 Å². The van der Waals surface area contributed by atoms with Crippen molar-refractivity contribution < 1.29 is 4.42 Å². The highest BCUT2D eigenvalue weighted by atomic mass is 16.3. The minimum Gasteiger partial charge on any atom is -0.457 e. The summed E-state index contributed by atoms with van der Waals surface area (Å²) in [7, 11) is 0. The Morgan fingerprint density at radius 3 is 2.30 bits per heavy atom. The second-order valence-electron chi connectivity index (χ2n) is 9.42. The summed E-state index contributed by atoms with van der Waals surface area (Å²) in [4.78, 5) is 0. The molecule has 33 heavy (non-hydrogen) atoms. The van der Waals surface area contributed by atoms with Crippen LogP contribution in [0.2, 0.25) is 0 Å². The number of furan rings is 1. The zero-order valence-corrected chi connectivity index (χ0v) is 18.7. The van der Waals surface area contributed by atoms with E-state index in [1.807, 2.05) is 0 Å². The number of fused-ring (bicyclic) bond motifs is 7. The molecule has 2 nitrogen and oxygen atoms in total. The van der Waals surface area contributed by atoms with Gasteiger partial charge in [0.25, 0.3) is 0 Å². The van der Waals surface area contributed by atoms with Crippen LogP contribution in [-0.4, -0.2) is 4.57 Å². The molecular formula is C31H23NO. The number of benzene rings is 4. The van der Waals surface area contributed by atoms with Gasteiger partial charge in [-0.15, -0.1) is 0 Å². The summed E-state index contributed by atoms with van der Waals surface area (Å²) in [5, 5.41) is 1.15. The van der Waals surface area contributed by atoms with Crippen molar-refractivity contribution in [1.82, 2.24) is 4.57 Å². The number of nitrogens with zero attached hydrogens (tertiary/aromatic N) is 1. The van der Waals surface area contributed by atoms with E-state index < -0.39 is 0 Å². The summed E-state index contributed by atoms with van der Waals surface area (Å²) >= 11 is 0. The monoisotopic (exact) mass is 425 g/mol. The van der Waals surface area contributed by atoms with Crippen molar-refractivity contribution in [3.8, 4) is 27.9 Å². The molecule has 0 saturated carbocycles. The third kappa shape index (κ3) is 2.44. The molecule has 2 heteroatoms. The topological polar surface area (TPSA) is 18.1 Å². The Morgan fingerprint density at radius 2 is 1.42 bits per heavy atom. The second-order valence-corrected chi connectivity index (χ2v) is 9.42. The molecule has 0 bridgehead atoms. The number of hydrogen-bond donors (Lipinski definition) is 0. The quantitative estimate of drug-likeness (QED) is 0.273. The van der Waals surface area contributed by atoms with Crippen molar-refractivity contribution in [1.29, 1.82) is 0 Å². The standard InChI is InChI=1S/C31H23NO/c1-31(2)25-17-8-6-15-23(25)27-28-29(33-30(27)31)24-16-7-9-18-26(24)32(28)22-14-10-13-21(19-22)20-11-4-3-5-12-20/h3-19H,1-2H3. The molecule has 0 unspecified atom stereocenters. The minimum absolute atomic E-state index is 0.164. The van der Waals surface area contributed by atoms with Gasteiger partial charge in [0, 0.05) is 22.1 Å². The minimum atomic E-state index is -0.164. The summed E-state index contributed by atoms with van der Waals surface area (Å²) in [5.74, 6) is 1.06. The molecule has 0 fully saturated rings. The van der Waals surface area contributed by atoms with Gasteiger partial charge in [0.15, 0.2) is 5.58 Å². The lowest BCUT2D eigenvalue weighted by Crippen LogP contribution is -2.14. The highest BCUT2D eigenvalue weighted by Gasteiger charge is 2.42. The number of rotatable bonds is 2. The molecule has 1 aliphatic rings. The largest absolute Gasteiger partial charge is 0.457 e. The molecule has 158 valence electrons. The van der Waals surface area contributed by atoms with E-state index in [0.29, 0.717) is 0 Å². The van der Waals surface area contributed by atoms with E-state index in [1.54, 1.807) is 0 Å². The van der Waals surface area contributed by atoms with E-state index in [1.165, 1.54) is 33.3 Å². The maximum Gasteiger partial charge on any atom is 0.161 e. The summed E-state index contributed by atoms with van der Waals surface area (Å²) < 4.78 is 9.10. The van der Waals surface area contributed by atoms with Crippen molar-refractivity contribution >= 4 is 22.0 Å². The first-order valence-electron chi connectivity index (χ1n) is 11.5. The van der Waals surface area contributed by atoms with Crippen LogP contribution in [0.5, 0.6) is 0 Å². The van der Waals surface area contributed by atoms with Crippen molar-refractivity contribution in [2.75, 3.05) is 0 Å². The molecule has 0 spiro atoms. The van der Waals surface area contributed by atoms with E-state index in [2.05, 4.69) is 122 Å². The first-order chi connectivity index (χ1) is 16.1. The molecule has 6 aromatic rings. The van der Waals surface area contributed by atoms with Gasteiger partial charge in [-0.25, -0.2) is 0 Å². The van der Waals surface area contributed by atoms with Crippen LogP contribution < -0.4 is 0 Å². The average Bonchev–Trinajstić information content (AvgIpc) is 3.46. The van der Waals surface area contributed by atoms with Gasteiger partial charge in [0.05, 0.1) is 5.52 Å². The van der Waals surface area contributed by atoms with Gasteiger partial charge in [0.1, 0.15) is 11.3 Å². The summed E-state index contributed by atoms with van der Waals surface area (Å²) in [6.45, 7) is 4.53. The fraction of sp³-hybridized carbons (Fsp3) is 0.0968. The first kappa shape index (κ1) is 18.5. The molecule has 1 aliphatic carbocycles. The Bertz CT molecular complexity index is 1680. The molecule has 0 amide bonds. The number of aromatic nitrogens is 1. The fourth-order valence-electron chi connectivity index (χ4n) is 5.58. The average molecular weight is 426 g/mol. The highest BCUT2D eigenvalue weighted by molar-refractivity contribution is 6.13. The Hall–Kier alpha value is -4.04. The maximum absolute atomic E-state index is 6.72. The van der Waals surface area contributed by atoms with Gasteiger partial charge in [-0.3, -0.25) is 0 Å². The van der Waals surface area contributed by atoms with Gasteiger partial charge in [0.2, 0.25) is 0 Å². The van der Waals surface area contributed by atoms with Crippen LogP contribution in [0.1, 0.15) is 25.2 Å². The lowest BCUT2D eigenvalue weighted by Gasteiger charge is -2.18. The van der Waals surface area contributed by atoms with Crippen LogP contribution >= 0.6 is 0 Å². The predicted octanol–water partition coefficient (Wildman–Crippen LogP) is 8.35. The number of hydrogen-bond acceptors (Lipinski definition) is 1. The lowest BCUT2D eigenvalue weighted by molar-refractivity contribution is 0.466. The third-order valence-electron chi connectivity index (χ3n) is 7.15. The van der Waals surface area contributed by atoms with Gasteiger partial charge < -0.3 is 8.98 Å². The molecule has 4 aromatic carbocycles. The zero-order valence-electron chi connectivity index (χ0n) is 18.7. The normalized spacial score (nSPS) is 14.0. The van der Waals surface area contributed by atoms with Gasteiger partial charge in [-0.2, -0.15) is 0 Å². The van der Waals surface area contributed by atoms with Crippen molar-refractivity contribution in [2.45, 2.75) is 19.3 Å². The van der Waals surface area contributed by atoms with Crippen molar-refractivity contribution in [3.63, 3.8) is 0 Å². The fourth-order valence-corrected chi connectivity index (χ4v) is 5.58. The Morgan fingerprint density at radius 1 is 0.697 bits per heavy atom. The Kier molecular flexibility index (Phi) is 3.64. The van der Waals surface area contributed by atoms with Crippen LogP contribution in [-0.2, 0) is 5.41 Å². The Balaban J connectivity index is 1.60. The van der Waals surface area contributed by atoms with Crippen LogP contribution in [0.15, 0.2) is 108 Å². The number of para-hydroxylation sites is 1. The van der Waals surface area contributed by atoms with E-state index in [9.17, 15) is 0 Å². The van der Waals surface area contributed by atoms with E-state index >= 15 is 0 Å². The molecule has 0 saturated heterocycles. The Labute approximate surface area is 192 Å². The van der Waals surface area contributed by atoms with Crippen LogP contribution in [0, 0.1) is 0 Å². The molecule has 0 aliphatic heterocycles. The van der Waals surface area contributed by atoms with Crippen molar-refractivity contribution in [2.24, 2.45) is 0 Å². The van der Waals surface area contributed by atoms with Gasteiger partial charge in [-0.05, 0) is 60.4 Å². The molecule has 7 rings (SSSR count). The second kappa shape index (κ2) is 6.49. The molecule has 0 atom stereocenters. The first-order valence-corrected chi connectivity index (χ1v) is 11.5. The highest BCUT2D eigenvalue weighted by Crippen LogP contribution is 2.54. The predicted molar refractivity (Wildman–Crippen MR) is 136 cm³/mol. The van der Waals surface area contributed by atoms with Crippen molar-refractivity contribution in [3.05, 3.63) is 114 Å².